The molecule has 1 fully saturated rings. The van der Waals surface area contributed by atoms with Crippen LogP contribution >= 0.6 is 15.9 Å². The van der Waals surface area contributed by atoms with E-state index in [9.17, 15) is 9.18 Å². The van der Waals surface area contributed by atoms with E-state index in [1.54, 1.807) is 13.1 Å². The zero-order valence-corrected chi connectivity index (χ0v) is 16.7. The summed E-state index contributed by atoms with van der Waals surface area (Å²) in [6.07, 6.45) is 1.56. The van der Waals surface area contributed by atoms with Crippen molar-refractivity contribution in [2.75, 3.05) is 18.5 Å². The van der Waals surface area contributed by atoms with Gasteiger partial charge >= 0.3 is 0 Å². The maximum atomic E-state index is 13.6. The molecule has 1 aliphatic heterocycles. The molecule has 1 amide bonds. The quantitative estimate of drug-likeness (QED) is 0.560. The molecule has 7 heteroatoms. The van der Waals surface area contributed by atoms with Crippen molar-refractivity contribution in [1.29, 1.82) is 0 Å². The lowest BCUT2D eigenvalue weighted by atomic mass is 10.2. The number of aliphatic imine (C=N–C) groups is 1. The maximum absolute atomic E-state index is 13.6. The van der Waals surface area contributed by atoms with E-state index in [-0.39, 0.29) is 11.7 Å². The van der Waals surface area contributed by atoms with E-state index in [1.807, 2.05) is 35.2 Å². The molecule has 1 saturated heterocycles. The summed E-state index contributed by atoms with van der Waals surface area (Å²) in [7, 11) is 1.69. The summed E-state index contributed by atoms with van der Waals surface area (Å²) in [5.74, 6) is 0.542. The van der Waals surface area contributed by atoms with Gasteiger partial charge in [0.2, 0.25) is 5.91 Å². The van der Waals surface area contributed by atoms with Gasteiger partial charge in [0.15, 0.2) is 5.96 Å². The Morgan fingerprint density at radius 3 is 2.41 bits per heavy atom. The van der Waals surface area contributed by atoms with Crippen LogP contribution in [-0.4, -0.2) is 25.5 Å². The molecular weight excluding hydrogens is 411 g/mol. The summed E-state index contributed by atoms with van der Waals surface area (Å²) in [6, 6.07) is 13.0. The van der Waals surface area contributed by atoms with Gasteiger partial charge in [-0.2, -0.15) is 0 Å². The van der Waals surface area contributed by atoms with E-state index < -0.39 is 0 Å². The van der Waals surface area contributed by atoms with Crippen LogP contribution in [0.5, 0.6) is 0 Å². The summed E-state index contributed by atoms with van der Waals surface area (Å²) in [5, 5.41) is 6.40. The molecule has 0 atom stereocenters. The van der Waals surface area contributed by atoms with Gasteiger partial charge in [0, 0.05) is 38.8 Å². The van der Waals surface area contributed by atoms with Gasteiger partial charge in [0.25, 0.3) is 0 Å². The second-order valence-electron chi connectivity index (χ2n) is 6.34. The van der Waals surface area contributed by atoms with Crippen molar-refractivity contribution in [2.45, 2.75) is 25.9 Å². The molecule has 5 nitrogen and oxygen atoms in total. The Labute approximate surface area is 166 Å². The highest BCUT2D eigenvalue weighted by molar-refractivity contribution is 9.10. The number of benzene rings is 2. The fourth-order valence-corrected chi connectivity index (χ4v) is 3.20. The van der Waals surface area contributed by atoms with Crippen molar-refractivity contribution in [3.8, 4) is 0 Å². The first-order valence-corrected chi connectivity index (χ1v) is 9.64. The normalized spacial score (nSPS) is 14.6. The van der Waals surface area contributed by atoms with Crippen LogP contribution in [0.15, 0.2) is 51.9 Å². The molecule has 1 aliphatic rings. The topological polar surface area (TPSA) is 56.7 Å². The number of hydrogen-bond donors (Lipinski definition) is 2. The van der Waals surface area contributed by atoms with Crippen LogP contribution < -0.4 is 15.5 Å². The second kappa shape index (κ2) is 8.99. The molecule has 142 valence electrons. The first kappa shape index (κ1) is 19.4. The molecule has 2 aromatic rings. The molecule has 0 aliphatic carbocycles. The van der Waals surface area contributed by atoms with Gasteiger partial charge in [-0.1, -0.05) is 18.2 Å². The van der Waals surface area contributed by atoms with Gasteiger partial charge in [-0.05, 0) is 57.7 Å². The van der Waals surface area contributed by atoms with E-state index in [0.29, 0.717) is 29.9 Å². The monoisotopic (exact) mass is 432 g/mol. The lowest BCUT2D eigenvalue weighted by Gasteiger charge is -2.16. The third kappa shape index (κ3) is 5.07. The van der Waals surface area contributed by atoms with Crippen LogP contribution in [0.2, 0.25) is 0 Å². The van der Waals surface area contributed by atoms with Crippen molar-refractivity contribution in [2.24, 2.45) is 4.99 Å². The second-order valence-corrected chi connectivity index (χ2v) is 7.20. The number of halogens is 2. The molecular formula is C20H22BrFN4O. The zero-order chi connectivity index (χ0) is 19.2. The molecule has 0 radical (unpaired) electrons. The van der Waals surface area contributed by atoms with Gasteiger partial charge in [-0.15, -0.1) is 0 Å². The predicted molar refractivity (Wildman–Crippen MR) is 109 cm³/mol. The molecule has 3 rings (SSSR count). The van der Waals surface area contributed by atoms with Crippen LogP contribution in [-0.2, 0) is 17.9 Å². The number of carbonyl (C=O) groups is 1. The van der Waals surface area contributed by atoms with Crippen molar-refractivity contribution in [1.82, 2.24) is 10.6 Å². The number of amides is 1. The van der Waals surface area contributed by atoms with Crippen LogP contribution in [0.1, 0.15) is 24.0 Å². The zero-order valence-electron chi connectivity index (χ0n) is 15.1. The summed E-state index contributed by atoms with van der Waals surface area (Å²) in [6.45, 7) is 1.87. The molecule has 2 N–H and O–H groups in total. The number of guanidine groups is 1. The Bertz CT molecular complexity index is 838. The molecule has 2 aromatic carbocycles. The average Bonchev–Trinajstić information content (AvgIpc) is 3.11. The molecule has 0 spiro atoms. The summed E-state index contributed by atoms with van der Waals surface area (Å²) in [5.41, 5.74) is 2.86. The Hall–Kier alpha value is -2.41. The highest BCUT2D eigenvalue weighted by atomic mass is 79.9. The summed E-state index contributed by atoms with van der Waals surface area (Å²) in [4.78, 5) is 17.8. The van der Waals surface area contributed by atoms with E-state index in [0.717, 1.165) is 29.8 Å². The maximum Gasteiger partial charge on any atom is 0.227 e. The molecule has 0 bridgehead atoms. The Morgan fingerprint density at radius 1 is 1.15 bits per heavy atom. The van der Waals surface area contributed by atoms with Crippen LogP contribution in [0, 0.1) is 5.82 Å². The molecule has 0 aromatic heterocycles. The molecule has 0 saturated carbocycles. The number of anilines is 1. The average molecular weight is 433 g/mol. The standard InChI is InChI=1S/C20H22BrFN4O/c1-23-20(25-13-15-6-9-17(21)18(22)11-15)24-12-14-4-7-16(8-5-14)26-10-2-3-19(26)27/h4-9,11H,2-3,10,12-13H2,1H3,(H2,23,24,25). The number of nitrogens with one attached hydrogen (secondary N) is 2. The number of carbonyl (C=O) groups excluding carboxylic acids is 1. The SMILES string of the molecule is CN=C(NCc1ccc(N2CCCC2=O)cc1)NCc1ccc(Br)c(F)c1. The fourth-order valence-electron chi connectivity index (χ4n) is 2.96. The molecule has 0 unspecified atom stereocenters. The van der Waals surface area contributed by atoms with Crippen molar-refractivity contribution >= 4 is 33.5 Å². The van der Waals surface area contributed by atoms with E-state index >= 15 is 0 Å². The minimum atomic E-state index is -0.283. The first-order valence-electron chi connectivity index (χ1n) is 8.84. The van der Waals surface area contributed by atoms with Gasteiger partial charge in [0.05, 0.1) is 4.47 Å². The van der Waals surface area contributed by atoms with Crippen LogP contribution in [0.3, 0.4) is 0 Å². The summed E-state index contributed by atoms with van der Waals surface area (Å²) >= 11 is 3.15. The lowest BCUT2D eigenvalue weighted by molar-refractivity contribution is -0.117. The summed E-state index contributed by atoms with van der Waals surface area (Å²) < 4.78 is 14.0. The first-order chi connectivity index (χ1) is 13.1. The van der Waals surface area contributed by atoms with Crippen molar-refractivity contribution in [3.63, 3.8) is 0 Å². The van der Waals surface area contributed by atoms with Gasteiger partial charge in [-0.25, -0.2) is 4.39 Å². The van der Waals surface area contributed by atoms with E-state index in [4.69, 9.17) is 0 Å². The third-order valence-corrected chi connectivity index (χ3v) is 5.09. The van der Waals surface area contributed by atoms with E-state index in [2.05, 4.69) is 31.6 Å². The highest BCUT2D eigenvalue weighted by Crippen LogP contribution is 2.21. The Balaban J connectivity index is 1.51. The minimum Gasteiger partial charge on any atom is -0.352 e. The van der Waals surface area contributed by atoms with Gasteiger partial charge in [-0.3, -0.25) is 9.79 Å². The number of rotatable bonds is 5. The van der Waals surface area contributed by atoms with Crippen molar-refractivity contribution in [3.05, 3.63) is 63.9 Å². The number of nitrogens with zero attached hydrogens (tertiary/aromatic N) is 2. The van der Waals surface area contributed by atoms with Crippen molar-refractivity contribution < 1.29 is 9.18 Å². The molecule has 1 heterocycles. The largest absolute Gasteiger partial charge is 0.352 e. The van der Waals surface area contributed by atoms with E-state index in [1.165, 1.54) is 6.07 Å². The smallest absolute Gasteiger partial charge is 0.227 e. The van der Waals surface area contributed by atoms with Gasteiger partial charge < -0.3 is 15.5 Å². The highest BCUT2D eigenvalue weighted by Gasteiger charge is 2.21. The van der Waals surface area contributed by atoms with Gasteiger partial charge in [0.1, 0.15) is 5.82 Å². The lowest BCUT2D eigenvalue weighted by Crippen LogP contribution is -2.36. The Kier molecular flexibility index (Phi) is 6.45. The predicted octanol–water partition coefficient (Wildman–Crippen LogP) is 3.58. The number of hydrogen-bond acceptors (Lipinski definition) is 2. The van der Waals surface area contributed by atoms with Crippen LogP contribution in [0.25, 0.3) is 0 Å². The fraction of sp³-hybridized carbons (Fsp3) is 0.300. The Morgan fingerprint density at radius 2 is 1.81 bits per heavy atom. The minimum absolute atomic E-state index is 0.190. The molecule has 27 heavy (non-hydrogen) atoms. The van der Waals surface area contributed by atoms with Crippen LogP contribution in [0.4, 0.5) is 10.1 Å². The third-order valence-electron chi connectivity index (χ3n) is 4.45.